The number of rotatable bonds is 2. The van der Waals surface area contributed by atoms with Crippen LogP contribution >= 0.6 is 0 Å². The van der Waals surface area contributed by atoms with Crippen molar-refractivity contribution in [2.45, 2.75) is 38.6 Å². The van der Waals surface area contributed by atoms with Crippen molar-refractivity contribution in [2.24, 2.45) is 5.92 Å². The number of nitriles is 1. The van der Waals surface area contributed by atoms with Gasteiger partial charge in [0.05, 0.1) is 11.3 Å². The fraction of sp³-hybridized carbons (Fsp3) is 0.538. The number of pyridine rings is 1. The Kier molecular flexibility index (Phi) is 3.48. The SMILES string of the molecule is CC1CCCCC1Nc1ncc(C#N)cc1N. The highest BCUT2D eigenvalue weighted by atomic mass is 15.0. The van der Waals surface area contributed by atoms with E-state index < -0.39 is 0 Å². The Morgan fingerprint density at radius 3 is 2.88 bits per heavy atom. The van der Waals surface area contributed by atoms with Crippen LogP contribution in [0.1, 0.15) is 38.2 Å². The van der Waals surface area contributed by atoms with E-state index in [2.05, 4.69) is 17.2 Å². The summed E-state index contributed by atoms with van der Waals surface area (Å²) in [6.45, 7) is 2.26. The minimum Gasteiger partial charge on any atom is -0.396 e. The Balaban J connectivity index is 2.10. The van der Waals surface area contributed by atoms with E-state index in [9.17, 15) is 0 Å². The predicted molar refractivity (Wildman–Crippen MR) is 68.4 cm³/mol. The normalized spacial score (nSPS) is 24.0. The molecular weight excluding hydrogens is 212 g/mol. The minimum atomic E-state index is 0.450. The van der Waals surface area contributed by atoms with Gasteiger partial charge >= 0.3 is 0 Å². The predicted octanol–water partition coefficient (Wildman–Crippen LogP) is 2.53. The van der Waals surface area contributed by atoms with Crippen molar-refractivity contribution >= 4 is 11.5 Å². The standard InChI is InChI=1S/C13H18N4/c1-9-4-2-3-5-12(9)17-13-11(15)6-10(7-14)8-16-13/h6,8-9,12H,2-5,15H2,1H3,(H,16,17). The second-order valence-corrected chi connectivity index (χ2v) is 4.79. The molecule has 2 atom stereocenters. The average Bonchev–Trinajstić information content (AvgIpc) is 2.34. The van der Waals surface area contributed by atoms with Crippen LogP contribution in [0.3, 0.4) is 0 Å². The summed E-state index contributed by atoms with van der Waals surface area (Å²) >= 11 is 0. The van der Waals surface area contributed by atoms with E-state index in [1.165, 1.54) is 25.7 Å². The molecule has 90 valence electrons. The van der Waals surface area contributed by atoms with Gasteiger partial charge in [-0.3, -0.25) is 0 Å². The molecule has 0 spiro atoms. The molecule has 4 heteroatoms. The molecule has 1 aromatic heterocycles. The Morgan fingerprint density at radius 1 is 1.47 bits per heavy atom. The van der Waals surface area contributed by atoms with Crippen LogP contribution in [0.25, 0.3) is 0 Å². The zero-order valence-corrected chi connectivity index (χ0v) is 10.1. The van der Waals surface area contributed by atoms with Crippen LogP contribution in [-0.2, 0) is 0 Å². The number of nitrogens with two attached hydrogens (primary N) is 1. The van der Waals surface area contributed by atoms with Gasteiger partial charge in [0.25, 0.3) is 0 Å². The summed E-state index contributed by atoms with van der Waals surface area (Å²) in [6.07, 6.45) is 6.57. The molecule has 1 aromatic rings. The van der Waals surface area contributed by atoms with E-state index in [0.29, 0.717) is 29.0 Å². The lowest BCUT2D eigenvalue weighted by Crippen LogP contribution is -2.31. The van der Waals surface area contributed by atoms with Gasteiger partial charge in [0.2, 0.25) is 0 Å². The summed E-state index contributed by atoms with van der Waals surface area (Å²) in [6, 6.07) is 4.16. The fourth-order valence-electron chi connectivity index (χ4n) is 2.37. The molecule has 0 saturated heterocycles. The number of nitrogen functional groups attached to an aromatic ring is 1. The second kappa shape index (κ2) is 5.05. The molecule has 1 fully saturated rings. The number of anilines is 2. The van der Waals surface area contributed by atoms with Gasteiger partial charge in [0.1, 0.15) is 11.9 Å². The van der Waals surface area contributed by atoms with Crippen molar-refractivity contribution in [1.82, 2.24) is 4.98 Å². The summed E-state index contributed by atoms with van der Waals surface area (Å²) in [5.41, 5.74) is 6.95. The van der Waals surface area contributed by atoms with E-state index >= 15 is 0 Å². The number of hydrogen-bond donors (Lipinski definition) is 2. The van der Waals surface area contributed by atoms with Crippen molar-refractivity contribution in [3.8, 4) is 6.07 Å². The quantitative estimate of drug-likeness (QED) is 0.818. The Hall–Kier alpha value is -1.76. The van der Waals surface area contributed by atoms with E-state index in [0.717, 1.165) is 0 Å². The molecule has 1 aliphatic carbocycles. The third-order valence-corrected chi connectivity index (χ3v) is 3.48. The second-order valence-electron chi connectivity index (χ2n) is 4.79. The number of nitrogens with one attached hydrogen (secondary N) is 1. The van der Waals surface area contributed by atoms with Gasteiger partial charge in [-0.2, -0.15) is 5.26 Å². The van der Waals surface area contributed by atoms with Crippen molar-refractivity contribution in [2.75, 3.05) is 11.1 Å². The van der Waals surface area contributed by atoms with Gasteiger partial charge in [-0.15, -0.1) is 0 Å². The lowest BCUT2D eigenvalue weighted by molar-refractivity contribution is 0.349. The topological polar surface area (TPSA) is 74.7 Å². The highest BCUT2D eigenvalue weighted by Crippen LogP contribution is 2.28. The van der Waals surface area contributed by atoms with Crippen LogP contribution in [0.5, 0.6) is 0 Å². The molecule has 0 amide bonds. The molecular formula is C13H18N4. The molecule has 4 nitrogen and oxygen atoms in total. The molecule has 2 unspecified atom stereocenters. The van der Waals surface area contributed by atoms with Crippen molar-refractivity contribution < 1.29 is 0 Å². The first-order chi connectivity index (χ1) is 8.20. The van der Waals surface area contributed by atoms with Gasteiger partial charge in [-0.05, 0) is 24.8 Å². The maximum atomic E-state index is 8.75. The number of aromatic nitrogens is 1. The average molecular weight is 230 g/mol. The third-order valence-electron chi connectivity index (χ3n) is 3.48. The summed E-state index contributed by atoms with van der Waals surface area (Å²) in [4.78, 5) is 4.22. The van der Waals surface area contributed by atoms with Gasteiger partial charge in [-0.25, -0.2) is 4.98 Å². The summed E-state index contributed by atoms with van der Waals surface area (Å²) in [5.74, 6) is 1.36. The summed E-state index contributed by atoms with van der Waals surface area (Å²) in [7, 11) is 0. The molecule has 3 N–H and O–H groups in total. The van der Waals surface area contributed by atoms with Crippen LogP contribution in [0.4, 0.5) is 11.5 Å². The van der Waals surface area contributed by atoms with Gasteiger partial charge < -0.3 is 11.1 Å². The summed E-state index contributed by atoms with van der Waals surface area (Å²) < 4.78 is 0. The Bertz CT molecular complexity index is 436. The first kappa shape index (κ1) is 11.7. The van der Waals surface area contributed by atoms with E-state index in [1.54, 1.807) is 12.3 Å². The number of hydrogen-bond acceptors (Lipinski definition) is 4. The van der Waals surface area contributed by atoms with E-state index in [1.807, 2.05) is 6.07 Å². The zero-order valence-electron chi connectivity index (χ0n) is 10.1. The molecule has 1 saturated carbocycles. The molecule has 1 aliphatic rings. The summed E-state index contributed by atoms with van der Waals surface area (Å²) in [5, 5.41) is 12.2. The van der Waals surface area contributed by atoms with Gasteiger partial charge in [-0.1, -0.05) is 19.8 Å². The highest BCUT2D eigenvalue weighted by Gasteiger charge is 2.21. The van der Waals surface area contributed by atoms with Gasteiger partial charge in [0, 0.05) is 12.2 Å². The van der Waals surface area contributed by atoms with Crippen LogP contribution in [-0.4, -0.2) is 11.0 Å². The zero-order chi connectivity index (χ0) is 12.3. The molecule has 1 heterocycles. The van der Waals surface area contributed by atoms with Crippen LogP contribution in [0, 0.1) is 17.2 Å². The van der Waals surface area contributed by atoms with E-state index in [-0.39, 0.29) is 0 Å². The first-order valence-electron chi connectivity index (χ1n) is 6.13. The van der Waals surface area contributed by atoms with Crippen molar-refractivity contribution in [3.63, 3.8) is 0 Å². The molecule has 17 heavy (non-hydrogen) atoms. The molecule has 0 radical (unpaired) electrons. The Morgan fingerprint density at radius 2 is 2.24 bits per heavy atom. The van der Waals surface area contributed by atoms with E-state index in [4.69, 9.17) is 11.0 Å². The molecule has 0 aromatic carbocycles. The largest absolute Gasteiger partial charge is 0.396 e. The van der Waals surface area contributed by atoms with Crippen LogP contribution in [0.2, 0.25) is 0 Å². The van der Waals surface area contributed by atoms with Crippen molar-refractivity contribution in [1.29, 1.82) is 5.26 Å². The third kappa shape index (κ3) is 2.68. The Labute approximate surface area is 102 Å². The lowest BCUT2D eigenvalue weighted by atomic mass is 9.86. The molecule has 0 aliphatic heterocycles. The molecule has 2 rings (SSSR count). The maximum absolute atomic E-state index is 8.75. The van der Waals surface area contributed by atoms with Crippen LogP contribution < -0.4 is 11.1 Å². The van der Waals surface area contributed by atoms with Crippen LogP contribution in [0.15, 0.2) is 12.3 Å². The monoisotopic (exact) mass is 230 g/mol. The minimum absolute atomic E-state index is 0.450. The number of nitrogens with zero attached hydrogens (tertiary/aromatic N) is 2. The first-order valence-corrected chi connectivity index (χ1v) is 6.13. The molecule has 0 bridgehead atoms. The fourth-order valence-corrected chi connectivity index (χ4v) is 2.37. The van der Waals surface area contributed by atoms with Gasteiger partial charge in [0.15, 0.2) is 0 Å². The lowest BCUT2D eigenvalue weighted by Gasteiger charge is -2.30. The van der Waals surface area contributed by atoms with Crippen molar-refractivity contribution in [3.05, 3.63) is 17.8 Å². The highest BCUT2D eigenvalue weighted by molar-refractivity contribution is 5.63. The maximum Gasteiger partial charge on any atom is 0.149 e. The smallest absolute Gasteiger partial charge is 0.149 e.